The Morgan fingerprint density at radius 2 is 2.05 bits per heavy atom. The van der Waals surface area contributed by atoms with Gasteiger partial charge in [-0.25, -0.2) is 0 Å². The van der Waals surface area contributed by atoms with Crippen LogP contribution in [0.5, 0.6) is 5.75 Å². The number of amides is 1. The Hall–Kier alpha value is -1.55. The fraction of sp³-hybridized carbons (Fsp3) is 0.533. The predicted octanol–water partition coefficient (Wildman–Crippen LogP) is 1.65. The highest BCUT2D eigenvalue weighted by molar-refractivity contribution is 5.77. The minimum Gasteiger partial charge on any atom is -0.484 e. The Morgan fingerprint density at radius 1 is 1.37 bits per heavy atom. The Morgan fingerprint density at radius 3 is 2.63 bits per heavy atom. The number of rotatable bonds is 7. The van der Waals surface area contributed by atoms with E-state index >= 15 is 0 Å². The first kappa shape index (κ1) is 13.9. The van der Waals surface area contributed by atoms with Crippen LogP contribution in [0.4, 0.5) is 0 Å². The number of hydrogen-bond acceptors (Lipinski definition) is 3. The lowest BCUT2D eigenvalue weighted by molar-refractivity contribution is -0.123. The molecule has 1 aromatic carbocycles. The molecule has 2 N–H and O–H groups in total. The van der Waals surface area contributed by atoms with Crippen molar-refractivity contribution in [2.75, 3.05) is 19.8 Å². The van der Waals surface area contributed by atoms with Crippen LogP contribution < -0.4 is 10.1 Å². The first-order valence-electron chi connectivity index (χ1n) is 6.71. The summed E-state index contributed by atoms with van der Waals surface area (Å²) in [5.74, 6) is 0.599. The predicted molar refractivity (Wildman–Crippen MR) is 73.1 cm³/mol. The van der Waals surface area contributed by atoms with Crippen LogP contribution in [-0.4, -0.2) is 30.8 Å². The van der Waals surface area contributed by atoms with Gasteiger partial charge in [-0.15, -0.1) is 0 Å². The van der Waals surface area contributed by atoms with E-state index in [1.54, 1.807) is 0 Å². The Balaban J connectivity index is 1.69. The molecule has 104 valence electrons. The second-order valence-corrected chi connectivity index (χ2v) is 5.35. The summed E-state index contributed by atoms with van der Waals surface area (Å²) in [6.07, 6.45) is 2.95. The number of carbonyl (C=O) groups excluding carboxylic acids is 1. The molecule has 0 atom stereocenters. The second-order valence-electron chi connectivity index (χ2n) is 5.35. The van der Waals surface area contributed by atoms with Gasteiger partial charge in [0.05, 0.1) is 0 Å². The lowest BCUT2D eigenvalue weighted by Crippen LogP contribution is -2.34. The van der Waals surface area contributed by atoms with E-state index in [4.69, 9.17) is 9.84 Å². The number of aliphatic hydroxyl groups is 1. The number of nitrogens with one attached hydrogen (secondary N) is 1. The zero-order valence-corrected chi connectivity index (χ0v) is 11.3. The van der Waals surface area contributed by atoms with Gasteiger partial charge in [0.2, 0.25) is 0 Å². The average Bonchev–Trinajstić information content (AvgIpc) is 3.17. The molecule has 2 rings (SSSR count). The van der Waals surface area contributed by atoms with Crippen LogP contribution in [0, 0.1) is 12.3 Å². The monoisotopic (exact) mass is 263 g/mol. The number of aliphatic hydroxyl groups excluding tert-OH is 1. The van der Waals surface area contributed by atoms with Gasteiger partial charge in [0.25, 0.3) is 5.91 Å². The Labute approximate surface area is 113 Å². The molecule has 0 bridgehead atoms. The zero-order chi connectivity index (χ0) is 13.7. The molecular weight excluding hydrogens is 242 g/mol. The molecule has 4 heteroatoms. The summed E-state index contributed by atoms with van der Waals surface area (Å²) < 4.78 is 5.41. The van der Waals surface area contributed by atoms with E-state index in [0.717, 1.165) is 24.8 Å². The molecule has 1 fully saturated rings. The summed E-state index contributed by atoms with van der Waals surface area (Å²) in [4.78, 5) is 11.7. The van der Waals surface area contributed by atoms with Crippen molar-refractivity contribution in [1.29, 1.82) is 0 Å². The van der Waals surface area contributed by atoms with Crippen molar-refractivity contribution >= 4 is 5.91 Å². The third-order valence-electron chi connectivity index (χ3n) is 3.65. The fourth-order valence-corrected chi connectivity index (χ4v) is 2.05. The van der Waals surface area contributed by atoms with E-state index in [1.807, 2.05) is 31.2 Å². The number of hydrogen-bond donors (Lipinski definition) is 2. The SMILES string of the molecule is Cc1ccc(OCC(=O)NCC2(CCO)CC2)cc1. The highest BCUT2D eigenvalue weighted by atomic mass is 16.5. The summed E-state index contributed by atoms with van der Waals surface area (Å²) >= 11 is 0. The Kier molecular flexibility index (Phi) is 4.43. The van der Waals surface area contributed by atoms with Gasteiger partial charge in [0.15, 0.2) is 6.61 Å². The van der Waals surface area contributed by atoms with Gasteiger partial charge < -0.3 is 15.2 Å². The highest BCUT2D eigenvalue weighted by Gasteiger charge is 2.41. The van der Waals surface area contributed by atoms with Crippen LogP contribution >= 0.6 is 0 Å². The molecule has 0 heterocycles. The molecular formula is C15H21NO3. The van der Waals surface area contributed by atoms with Crippen molar-refractivity contribution in [2.24, 2.45) is 5.41 Å². The smallest absolute Gasteiger partial charge is 0.257 e. The number of carbonyl (C=O) groups is 1. The molecule has 0 radical (unpaired) electrons. The van der Waals surface area contributed by atoms with Crippen molar-refractivity contribution < 1.29 is 14.6 Å². The summed E-state index contributed by atoms with van der Waals surface area (Å²) in [6.45, 7) is 2.88. The number of ether oxygens (including phenoxy) is 1. The maximum absolute atomic E-state index is 11.7. The largest absolute Gasteiger partial charge is 0.484 e. The van der Waals surface area contributed by atoms with E-state index in [2.05, 4.69) is 5.32 Å². The quantitative estimate of drug-likeness (QED) is 0.786. The molecule has 0 unspecified atom stereocenters. The standard InChI is InChI=1S/C15H21NO3/c1-12-2-4-13(5-3-12)19-10-14(18)16-11-15(6-7-15)8-9-17/h2-5,17H,6-11H2,1H3,(H,16,18). The third-order valence-corrected chi connectivity index (χ3v) is 3.65. The molecule has 19 heavy (non-hydrogen) atoms. The van der Waals surface area contributed by atoms with Gasteiger partial charge in [-0.3, -0.25) is 4.79 Å². The van der Waals surface area contributed by atoms with Crippen LogP contribution in [0.25, 0.3) is 0 Å². The molecule has 0 aromatic heterocycles. The van der Waals surface area contributed by atoms with E-state index in [9.17, 15) is 4.79 Å². The van der Waals surface area contributed by atoms with Crippen LogP contribution in [0.1, 0.15) is 24.8 Å². The lowest BCUT2D eigenvalue weighted by Gasteiger charge is -2.14. The first-order valence-corrected chi connectivity index (χ1v) is 6.71. The van der Waals surface area contributed by atoms with Crippen molar-refractivity contribution in [1.82, 2.24) is 5.32 Å². The van der Waals surface area contributed by atoms with Crippen LogP contribution in [0.2, 0.25) is 0 Å². The van der Waals surface area contributed by atoms with E-state index < -0.39 is 0 Å². The maximum atomic E-state index is 11.7. The lowest BCUT2D eigenvalue weighted by atomic mass is 10.0. The molecule has 1 aromatic rings. The minimum atomic E-state index is -0.107. The Bertz CT molecular complexity index is 424. The summed E-state index contributed by atoms with van der Waals surface area (Å²) in [7, 11) is 0. The second kappa shape index (κ2) is 6.06. The molecule has 0 aliphatic heterocycles. The molecule has 1 aliphatic carbocycles. The first-order chi connectivity index (χ1) is 9.13. The van der Waals surface area contributed by atoms with Gasteiger partial charge in [-0.1, -0.05) is 17.7 Å². The van der Waals surface area contributed by atoms with Crippen molar-refractivity contribution in [3.05, 3.63) is 29.8 Å². The van der Waals surface area contributed by atoms with Gasteiger partial charge in [0.1, 0.15) is 5.75 Å². The number of aryl methyl sites for hydroxylation is 1. The molecule has 1 aliphatic rings. The molecule has 0 saturated heterocycles. The van der Waals surface area contributed by atoms with Crippen molar-refractivity contribution in [3.63, 3.8) is 0 Å². The maximum Gasteiger partial charge on any atom is 0.257 e. The fourth-order valence-electron chi connectivity index (χ4n) is 2.05. The normalized spacial score (nSPS) is 15.9. The molecule has 1 amide bonds. The third kappa shape index (κ3) is 4.24. The van der Waals surface area contributed by atoms with Crippen LogP contribution in [0.15, 0.2) is 24.3 Å². The summed E-state index contributed by atoms with van der Waals surface area (Å²) in [6, 6.07) is 7.62. The van der Waals surface area contributed by atoms with Gasteiger partial charge in [0, 0.05) is 13.2 Å². The summed E-state index contributed by atoms with van der Waals surface area (Å²) in [5.41, 5.74) is 1.31. The zero-order valence-electron chi connectivity index (χ0n) is 11.3. The summed E-state index contributed by atoms with van der Waals surface area (Å²) in [5, 5.41) is 11.8. The molecule has 4 nitrogen and oxygen atoms in total. The molecule has 0 spiro atoms. The van der Waals surface area contributed by atoms with Gasteiger partial charge in [-0.05, 0) is 43.7 Å². The van der Waals surface area contributed by atoms with E-state index in [-0.39, 0.29) is 24.5 Å². The van der Waals surface area contributed by atoms with Crippen LogP contribution in [-0.2, 0) is 4.79 Å². The van der Waals surface area contributed by atoms with Crippen LogP contribution in [0.3, 0.4) is 0 Å². The highest BCUT2D eigenvalue weighted by Crippen LogP contribution is 2.47. The average molecular weight is 263 g/mol. The molecule has 1 saturated carbocycles. The number of benzene rings is 1. The van der Waals surface area contributed by atoms with Gasteiger partial charge in [-0.2, -0.15) is 0 Å². The van der Waals surface area contributed by atoms with Gasteiger partial charge >= 0.3 is 0 Å². The van der Waals surface area contributed by atoms with E-state index in [0.29, 0.717) is 12.3 Å². The van der Waals surface area contributed by atoms with E-state index in [1.165, 1.54) is 0 Å². The minimum absolute atomic E-state index is 0.0399. The topological polar surface area (TPSA) is 58.6 Å². The van der Waals surface area contributed by atoms with Crippen molar-refractivity contribution in [3.8, 4) is 5.75 Å². The van der Waals surface area contributed by atoms with Crippen molar-refractivity contribution in [2.45, 2.75) is 26.2 Å².